The van der Waals surface area contributed by atoms with E-state index in [0.29, 0.717) is 17.5 Å². The summed E-state index contributed by atoms with van der Waals surface area (Å²) in [6.45, 7) is -0.356. The summed E-state index contributed by atoms with van der Waals surface area (Å²) in [5, 5.41) is 18.4. The van der Waals surface area contributed by atoms with Gasteiger partial charge in [0.05, 0.1) is 23.6 Å². The molecule has 0 saturated heterocycles. The molecule has 2 amide bonds. The zero-order chi connectivity index (χ0) is 31.4. The second-order valence-corrected chi connectivity index (χ2v) is 8.89. The highest BCUT2D eigenvalue weighted by molar-refractivity contribution is 6.35. The number of nitro benzene ring substituents is 1. The van der Waals surface area contributed by atoms with Gasteiger partial charge in [-0.3, -0.25) is 19.7 Å². The number of nitrogens with one attached hydrogen (secondary N) is 3. The fourth-order valence-electron chi connectivity index (χ4n) is 3.82. The Bertz CT molecular complexity index is 1650. The van der Waals surface area contributed by atoms with Gasteiger partial charge >= 0.3 is 24.2 Å². The molecule has 1 aromatic heterocycles. The number of hydrogen-bond donors (Lipinski definition) is 3. The SMILES string of the molecule is O=C(NCCOc1ccc(Nc2ccc([N+](=O)[O-])c(C(F)(F)F)c2)cc1)C(=O)NCc1cc2cc(C(F)(F)F)ccc2o1. The van der Waals surface area contributed by atoms with Crippen molar-refractivity contribution in [2.75, 3.05) is 18.5 Å². The minimum Gasteiger partial charge on any atom is -0.492 e. The van der Waals surface area contributed by atoms with E-state index >= 15 is 0 Å². The van der Waals surface area contributed by atoms with Crippen molar-refractivity contribution in [1.82, 2.24) is 10.6 Å². The van der Waals surface area contributed by atoms with Gasteiger partial charge in [0.25, 0.3) is 5.69 Å². The number of alkyl halides is 6. The van der Waals surface area contributed by atoms with E-state index in [9.17, 15) is 46.0 Å². The van der Waals surface area contributed by atoms with Crippen LogP contribution in [-0.4, -0.2) is 29.9 Å². The topological polar surface area (TPSA) is 136 Å². The quantitative estimate of drug-likeness (QED) is 0.0703. The molecule has 10 nitrogen and oxygen atoms in total. The molecule has 0 atom stereocenters. The van der Waals surface area contributed by atoms with Crippen LogP contribution in [0.2, 0.25) is 0 Å². The van der Waals surface area contributed by atoms with Crippen molar-refractivity contribution in [3.8, 4) is 5.75 Å². The van der Waals surface area contributed by atoms with E-state index in [1.165, 1.54) is 30.3 Å². The third-order valence-corrected chi connectivity index (χ3v) is 5.82. The van der Waals surface area contributed by atoms with Crippen LogP contribution in [0, 0.1) is 10.1 Å². The van der Waals surface area contributed by atoms with Crippen LogP contribution in [0.4, 0.5) is 43.4 Å². The molecule has 0 spiro atoms. The van der Waals surface area contributed by atoms with Gasteiger partial charge in [-0.25, -0.2) is 0 Å². The van der Waals surface area contributed by atoms with Gasteiger partial charge in [0.2, 0.25) is 0 Å². The number of nitrogens with zero attached hydrogens (tertiary/aromatic N) is 1. The Kier molecular flexibility index (Phi) is 8.77. The molecular formula is C27H20F6N4O6. The number of nitro groups is 1. The Morgan fingerprint density at radius 1 is 0.837 bits per heavy atom. The molecule has 0 bridgehead atoms. The number of fused-ring (bicyclic) bond motifs is 1. The number of furan rings is 1. The van der Waals surface area contributed by atoms with E-state index < -0.39 is 45.9 Å². The summed E-state index contributed by atoms with van der Waals surface area (Å²) in [7, 11) is 0. The summed E-state index contributed by atoms with van der Waals surface area (Å²) < 4.78 is 88.9. The Balaban J connectivity index is 1.21. The second-order valence-electron chi connectivity index (χ2n) is 8.89. The third kappa shape index (κ3) is 7.93. The van der Waals surface area contributed by atoms with Crippen LogP contribution in [0.3, 0.4) is 0 Å². The average molecular weight is 610 g/mol. The van der Waals surface area contributed by atoms with E-state index in [1.54, 1.807) is 0 Å². The van der Waals surface area contributed by atoms with Gasteiger partial charge in [-0.1, -0.05) is 0 Å². The standard InChI is InChI=1S/C27H20F6N4O6/c28-26(29,30)16-1-8-23-15(11-16)12-20(43-23)14-35-25(39)24(38)34-9-10-42-19-5-2-17(3-6-19)36-18-4-7-22(37(40)41)21(13-18)27(31,32)33/h1-8,11-13,36H,9-10,14H2,(H,34,38)(H,35,39). The molecule has 0 aliphatic rings. The molecular weight excluding hydrogens is 590 g/mol. The average Bonchev–Trinajstić information content (AvgIpc) is 3.36. The molecule has 0 aliphatic heterocycles. The third-order valence-electron chi connectivity index (χ3n) is 5.82. The largest absolute Gasteiger partial charge is 0.492 e. The maximum atomic E-state index is 13.2. The first kappa shape index (κ1) is 30.7. The molecule has 0 unspecified atom stereocenters. The van der Waals surface area contributed by atoms with Gasteiger partial charge in [-0.05, 0) is 60.7 Å². The lowest BCUT2D eigenvalue weighted by molar-refractivity contribution is -0.388. The van der Waals surface area contributed by atoms with Crippen molar-refractivity contribution in [1.29, 1.82) is 0 Å². The summed E-state index contributed by atoms with van der Waals surface area (Å²) in [4.78, 5) is 33.8. The summed E-state index contributed by atoms with van der Waals surface area (Å²) in [6, 6.07) is 12.7. The number of benzene rings is 3. The normalized spacial score (nSPS) is 11.7. The molecule has 0 saturated carbocycles. The van der Waals surface area contributed by atoms with Crippen LogP contribution in [-0.2, 0) is 28.5 Å². The van der Waals surface area contributed by atoms with Crippen molar-refractivity contribution in [2.24, 2.45) is 0 Å². The lowest BCUT2D eigenvalue weighted by Crippen LogP contribution is -2.41. The summed E-state index contributed by atoms with van der Waals surface area (Å²) in [6.07, 6.45) is -9.44. The number of ether oxygens (including phenoxy) is 1. The van der Waals surface area contributed by atoms with E-state index in [1.807, 2.05) is 0 Å². The summed E-state index contributed by atoms with van der Waals surface area (Å²) in [5.74, 6) is -1.51. The van der Waals surface area contributed by atoms with Crippen molar-refractivity contribution < 1.29 is 50.0 Å². The number of rotatable bonds is 9. The molecule has 16 heteroatoms. The Morgan fingerprint density at radius 2 is 1.51 bits per heavy atom. The highest BCUT2D eigenvalue weighted by Crippen LogP contribution is 2.38. The molecule has 3 aromatic carbocycles. The number of carbonyl (C=O) groups is 2. The van der Waals surface area contributed by atoms with Crippen LogP contribution in [0.15, 0.2) is 71.1 Å². The number of hydrogen-bond acceptors (Lipinski definition) is 7. The van der Waals surface area contributed by atoms with E-state index in [-0.39, 0.29) is 42.1 Å². The van der Waals surface area contributed by atoms with E-state index in [4.69, 9.17) is 9.15 Å². The molecule has 0 radical (unpaired) electrons. The van der Waals surface area contributed by atoms with Crippen LogP contribution in [0.5, 0.6) is 5.75 Å². The number of amides is 2. The molecule has 43 heavy (non-hydrogen) atoms. The highest BCUT2D eigenvalue weighted by atomic mass is 19.4. The predicted octanol–water partition coefficient (Wildman–Crippen LogP) is 5.93. The molecule has 3 N–H and O–H groups in total. The molecule has 1 heterocycles. The molecule has 0 fully saturated rings. The van der Waals surface area contributed by atoms with Gasteiger partial charge in [-0.2, -0.15) is 26.3 Å². The van der Waals surface area contributed by atoms with Gasteiger partial charge in [-0.15, -0.1) is 0 Å². The molecule has 0 aliphatic carbocycles. The first-order valence-electron chi connectivity index (χ1n) is 12.2. The second kappa shape index (κ2) is 12.3. The number of halogens is 6. The maximum absolute atomic E-state index is 13.2. The monoisotopic (exact) mass is 610 g/mol. The maximum Gasteiger partial charge on any atom is 0.423 e. The van der Waals surface area contributed by atoms with Gasteiger partial charge in [0.1, 0.15) is 29.3 Å². The Labute approximate surface area is 237 Å². The van der Waals surface area contributed by atoms with Crippen LogP contribution in [0.25, 0.3) is 11.0 Å². The highest BCUT2D eigenvalue weighted by Gasteiger charge is 2.38. The van der Waals surface area contributed by atoms with Gasteiger partial charge < -0.3 is 25.1 Å². The van der Waals surface area contributed by atoms with Gasteiger partial charge in [0, 0.05) is 22.8 Å². The van der Waals surface area contributed by atoms with Crippen molar-refractivity contribution in [3.05, 3.63) is 93.7 Å². The van der Waals surface area contributed by atoms with Crippen LogP contribution in [0.1, 0.15) is 16.9 Å². The zero-order valence-corrected chi connectivity index (χ0v) is 21.6. The molecule has 4 aromatic rings. The number of carbonyl (C=O) groups excluding carboxylic acids is 2. The smallest absolute Gasteiger partial charge is 0.423 e. The fraction of sp³-hybridized carbons (Fsp3) is 0.185. The minimum absolute atomic E-state index is 0.0245. The first-order valence-corrected chi connectivity index (χ1v) is 12.2. The molecule has 226 valence electrons. The van der Waals surface area contributed by atoms with E-state index in [2.05, 4.69) is 16.0 Å². The van der Waals surface area contributed by atoms with Crippen molar-refractivity contribution in [3.63, 3.8) is 0 Å². The van der Waals surface area contributed by atoms with E-state index in [0.717, 1.165) is 30.3 Å². The first-order chi connectivity index (χ1) is 20.2. The number of anilines is 2. The van der Waals surface area contributed by atoms with Crippen LogP contribution < -0.4 is 20.7 Å². The molecule has 4 rings (SSSR count). The lowest BCUT2D eigenvalue weighted by atomic mass is 10.1. The predicted molar refractivity (Wildman–Crippen MR) is 139 cm³/mol. The Morgan fingerprint density at radius 3 is 2.16 bits per heavy atom. The van der Waals surface area contributed by atoms with Crippen molar-refractivity contribution >= 4 is 39.8 Å². The summed E-state index contributed by atoms with van der Waals surface area (Å²) in [5.41, 5.74) is -2.78. The van der Waals surface area contributed by atoms with Crippen LogP contribution >= 0.6 is 0 Å². The fourth-order valence-corrected chi connectivity index (χ4v) is 3.82. The lowest BCUT2D eigenvalue weighted by Gasteiger charge is -2.12. The zero-order valence-electron chi connectivity index (χ0n) is 21.6. The minimum atomic E-state index is -4.92. The Hall–Kier alpha value is -5.28. The van der Waals surface area contributed by atoms with Crippen molar-refractivity contribution in [2.45, 2.75) is 18.9 Å². The summed E-state index contributed by atoms with van der Waals surface area (Å²) >= 11 is 0. The van der Waals surface area contributed by atoms with Gasteiger partial charge in [0.15, 0.2) is 0 Å².